The zero-order chi connectivity index (χ0) is 12.0. The summed E-state index contributed by atoms with van der Waals surface area (Å²) < 4.78 is 11.4. The van der Waals surface area contributed by atoms with Crippen molar-refractivity contribution in [1.82, 2.24) is 0 Å². The van der Waals surface area contributed by atoms with Crippen LogP contribution in [0.1, 0.15) is 13.8 Å². The lowest BCUT2D eigenvalue weighted by molar-refractivity contribution is 0.00375. The van der Waals surface area contributed by atoms with E-state index in [1.54, 1.807) is 21.6 Å². The Morgan fingerprint density at radius 1 is 1.00 bits per heavy atom. The van der Waals surface area contributed by atoms with Crippen molar-refractivity contribution in [2.75, 3.05) is 11.5 Å². The van der Waals surface area contributed by atoms with Gasteiger partial charge in [-0.05, 0) is 0 Å². The number of ether oxygens (including phenoxy) is 2. The predicted octanol–water partition coefficient (Wildman–Crippen LogP) is 3.53. The maximum absolute atomic E-state index is 5.72. The van der Waals surface area contributed by atoms with E-state index in [-0.39, 0.29) is 12.2 Å². The third-order valence-corrected chi connectivity index (χ3v) is 4.53. The summed E-state index contributed by atoms with van der Waals surface area (Å²) in [7, 11) is 3.60. The van der Waals surface area contributed by atoms with Gasteiger partial charge in [0.2, 0.25) is 0 Å². The summed E-state index contributed by atoms with van der Waals surface area (Å²) in [5.41, 5.74) is 5.48. The topological polar surface area (TPSA) is 18.5 Å². The molecule has 0 N–H and O–H groups in total. The minimum atomic E-state index is 0.0452. The van der Waals surface area contributed by atoms with E-state index in [0.717, 1.165) is 11.5 Å². The Bertz CT molecular complexity index is 305. The summed E-state index contributed by atoms with van der Waals surface area (Å²) in [4.78, 5) is 0. The van der Waals surface area contributed by atoms with Crippen LogP contribution in [-0.2, 0) is 9.47 Å². The molecule has 16 heavy (non-hydrogen) atoms. The molecule has 0 aromatic rings. The van der Waals surface area contributed by atoms with Crippen LogP contribution in [0.2, 0.25) is 0 Å². The van der Waals surface area contributed by atoms with Crippen molar-refractivity contribution in [2.24, 2.45) is 0 Å². The highest BCUT2D eigenvalue weighted by Gasteiger charge is 2.29. The Morgan fingerprint density at radius 2 is 1.38 bits per heavy atom. The standard InChI is InChI=1S/C12H16O2S2/c1-5-9(3)13-11-7-15-16-8-12(11)14-10(4)6-2/h11-12H,1-2,7-8H2,3-4H3. The van der Waals surface area contributed by atoms with Crippen LogP contribution in [0.15, 0.2) is 36.1 Å². The van der Waals surface area contributed by atoms with Crippen molar-refractivity contribution in [3.63, 3.8) is 0 Å². The Labute approximate surface area is 105 Å². The SMILES string of the molecule is C=C=C(C)OC1CSSCC1OC(C)=C=C. The largest absolute Gasteiger partial charge is 0.482 e. The molecule has 1 rings (SSSR count). The minimum absolute atomic E-state index is 0.0452. The molecule has 0 spiro atoms. The molecule has 2 nitrogen and oxygen atoms in total. The Balaban J connectivity index is 2.63. The second-order valence-electron chi connectivity index (χ2n) is 3.35. The molecule has 0 amide bonds. The minimum Gasteiger partial charge on any atom is -0.482 e. The molecule has 1 saturated heterocycles. The molecular weight excluding hydrogens is 240 g/mol. The molecule has 2 atom stereocenters. The zero-order valence-corrected chi connectivity index (χ0v) is 11.2. The molecule has 2 unspecified atom stereocenters. The van der Waals surface area contributed by atoms with E-state index < -0.39 is 0 Å². The van der Waals surface area contributed by atoms with Crippen LogP contribution < -0.4 is 0 Å². The molecule has 88 valence electrons. The van der Waals surface area contributed by atoms with Gasteiger partial charge in [0, 0.05) is 25.4 Å². The molecule has 1 aliphatic heterocycles. The monoisotopic (exact) mass is 256 g/mol. The van der Waals surface area contributed by atoms with Crippen LogP contribution >= 0.6 is 21.6 Å². The second-order valence-corrected chi connectivity index (χ2v) is 5.90. The van der Waals surface area contributed by atoms with E-state index in [0.29, 0.717) is 11.5 Å². The van der Waals surface area contributed by atoms with E-state index in [1.165, 1.54) is 0 Å². The van der Waals surface area contributed by atoms with Crippen LogP contribution in [0.25, 0.3) is 0 Å². The molecule has 0 radical (unpaired) electrons. The third-order valence-electron chi connectivity index (χ3n) is 2.12. The number of allylic oxidation sites excluding steroid dienone is 2. The van der Waals surface area contributed by atoms with E-state index in [2.05, 4.69) is 24.6 Å². The molecule has 1 fully saturated rings. The van der Waals surface area contributed by atoms with Gasteiger partial charge in [-0.1, -0.05) is 46.2 Å². The highest BCUT2D eigenvalue weighted by Crippen LogP contribution is 2.33. The van der Waals surface area contributed by atoms with Gasteiger partial charge in [0.05, 0.1) is 0 Å². The van der Waals surface area contributed by atoms with Crippen LogP contribution in [-0.4, -0.2) is 23.7 Å². The average molecular weight is 256 g/mol. The highest BCUT2D eigenvalue weighted by molar-refractivity contribution is 8.76. The van der Waals surface area contributed by atoms with Gasteiger partial charge in [0.15, 0.2) is 0 Å². The van der Waals surface area contributed by atoms with E-state index >= 15 is 0 Å². The lowest BCUT2D eigenvalue weighted by Crippen LogP contribution is -2.37. The summed E-state index contributed by atoms with van der Waals surface area (Å²) in [6.07, 6.45) is 0.0904. The van der Waals surface area contributed by atoms with Crippen molar-refractivity contribution in [2.45, 2.75) is 26.1 Å². The van der Waals surface area contributed by atoms with E-state index in [9.17, 15) is 0 Å². The van der Waals surface area contributed by atoms with Crippen molar-refractivity contribution in [1.29, 1.82) is 0 Å². The highest BCUT2D eigenvalue weighted by atomic mass is 33.1. The predicted molar refractivity (Wildman–Crippen MR) is 71.3 cm³/mol. The molecule has 0 aromatic carbocycles. The molecule has 1 heterocycles. The first-order chi connectivity index (χ1) is 7.67. The van der Waals surface area contributed by atoms with Crippen molar-refractivity contribution in [3.05, 3.63) is 36.1 Å². The fraction of sp³-hybridized carbons (Fsp3) is 0.500. The first-order valence-corrected chi connectivity index (χ1v) is 7.47. The van der Waals surface area contributed by atoms with Crippen molar-refractivity contribution in [3.8, 4) is 0 Å². The molecule has 0 aliphatic carbocycles. The lowest BCUT2D eigenvalue weighted by Gasteiger charge is -2.30. The average Bonchev–Trinajstić information content (AvgIpc) is 2.31. The first-order valence-electron chi connectivity index (χ1n) is 4.98. The van der Waals surface area contributed by atoms with E-state index in [4.69, 9.17) is 9.47 Å². The quantitative estimate of drug-likeness (QED) is 0.435. The number of hydrogen-bond acceptors (Lipinski definition) is 4. The van der Waals surface area contributed by atoms with Gasteiger partial charge in [-0.25, -0.2) is 0 Å². The molecular formula is C12H16O2S2. The Hall–Kier alpha value is -0.660. The van der Waals surface area contributed by atoms with Crippen LogP contribution in [0.5, 0.6) is 0 Å². The van der Waals surface area contributed by atoms with Gasteiger partial charge < -0.3 is 9.47 Å². The zero-order valence-electron chi connectivity index (χ0n) is 9.62. The second kappa shape index (κ2) is 6.82. The fourth-order valence-electron chi connectivity index (χ4n) is 1.20. The van der Waals surface area contributed by atoms with E-state index in [1.807, 2.05) is 13.8 Å². The smallest absolute Gasteiger partial charge is 0.146 e. The summed E-state index contributed by atoms with van der Waals surface area (Å²) in [5.74, 6) is 3.23. The fourth-order valence-corrected chi connectivity index (χ4v) is 3.61. The van der Waals surface area contributed by atoms with Crippen LogP contribution in [0.4, 0.5) is 0 Å². The molecule has 1 aliphatic rings. The number of hydrogen-bond donors (Lipinski definition) is 0. The summed E-state index contributed by atoms with van der Waals surface area (Å²) in [6, 6.07) is 0. The maximum atomic E-state index is 5.72. The Morgan fingerprint density at radius 3 is 1.69 bits per heavy atom. The van der Waals surface area contributed by atoms with Gasteiger partial charge in [-0.2, -0.15) is 0 Å². The third kappa shape index (κ3) is 4.07. The molecule has 0 bridgehead atoms. The van der Waals surface area contributed by atoms with Crippen molar-refractivity contribution < 1.29 is 9.47 Å². The number of rotatable bonds is 4. The lowest BCUT2D eigenvalue weighted by atomic mass is 10.2. The first kappa shape index (κ1) is 13.4. The van der Waals surface area contributed by atoms with Crippen LogP contribution in [0, 0.1) is 0 Å². The molecule has 0 aromatic heterocycles. The van der Waals surface area contributed by atoms with Gasteiger partial charge in [0.1, 0.15) is 23.7 Å². The summed E-state index contributed by atoms with van der Waals surface area (Å²) in [6.45, 7) is 10.8. The van der Waals surface area contributed by atoms with Gasteiger partial charge in [-0.3, -0.25) is 0 Å². The summed E-state index contributed by atoms with van der Waals surface area (Å²) in [5, 5.41) is 0. The van der Waals surface area contributed by atoms with Gasteiger partial charge in [0.25, 0.3) is 0 Å². The molecule has 0 saturated carbocycles. The van der Waals surface area contributed by atoms with Crippen molar-refractivity contribution >= 4 is 21.6 Å². The Kier molecular flexibility index (Phi) is 5.72. The normalized spacial score (nSPS) is 23.9. The van der Waals surface area contributed by atoms with Gasteiger partial charge in [-0.15, -0.1) is 0 Å². The van der Waals surface area contributed by atoms with Crippen LogP contribution in [0.3, 0.4) is 0 Å². The maximum Gasteiger partial charge on any atom is 0.146 e. The van der Waals surface area contributed by atoms with Gasteiger partial charge >= 0.3 is 0 Å². The summed E-state index contributed by atoms with van der Waals surface area (Å²) >= 11 is 0. The molecule has 4 heteroatoms.